The van der Waals surface area contributed by atoms with Gasteiger partial charge in [0.15, 0.2) is 0 Å². The molecule has 0 aromatic carbocycles. The fourth-order valence-corrected chi connectivity index (χ4v) is 12.0. The van der Waals surface area contributed by atoms with Crippen molar-refractivity contribution in [3.8, 4) is 0 Å². The van der Waals surface area contributed by atoms with Gasteiger partial charge in [-0.3, -0.25) is 54.3 Å². The van der Waals surface area contributed by atoms with E-state index >= 15 is 18.3 Å². The van der Waals surface area contributed by atoms with Crippen LogP contribution in [0.15, 0.2) is 0 Å². The van der Waals surface area contributed by atoms with Gasteiger partial charge in [-0.2, -0.15) is 0 Å². The molecular weight excluding hydrogens is 964 g/mol. The summed E-state index contributed by atoms with van der Waals surface area (Å²) in [4.78, 5) is 0. The van der Waals surface area contributed by atoms with Crippen LogP contribution in [0.1, 0.15) is 198 Å². The van der Waals surface area contributed by atoms with E-state index < -0.39 is 67.9 Å². The van der Waals surface area contributed by atoms with Crippen molar-refractivity contribution in [2.75, 3.05) is 66.1 Å². The summed E-state index contributed by atoms with van der Waals surface area (Å²) in [6.07, 6.45) is 2.88. The van der Waals surface area contributed by atoms with E-state index in [9.17, 15) is 0 Å². The molecule has 0 heterocycles. The van der Waals surface area contributed by atoms with Crippen LogP contribution in [0.2, 0.25) is 0 Å². The zero-order valence-corrected chi connectivity index (χ0v) is 47.4. The Bertz CT molecular complexity index is 1160. The molecule has 68 heavy (non-hydrogen) atoms. The zero-order valence-electron chi connectivity index (χ0n) is 43.8. The molecular formula is C46H96O18P4. The van der Waals surface area contributed by atoms with Crippen LogP contribution in [0.3, 0.4) is 0 Å². The first-order chi connectivity index (χ1) is 32.8. The molecule has 0 aliphatic heterocycles. The predicted octanol–water partition coefficient (Wildman–Crippen LogP) is 14.9. The van der Waals surface area contributed by atoms with Crippen LogP contribution in [-0.2, 0) is 82.0 Å². The molecule has 0 bridgehead atoms. The summed E-state index contributed by atoms with van der Waals surface area (Å²) in [5.74, 6) is 0. The maximum Gasteiger partial charge on any atom is 0.475 e. The normalized spacial score (nSPS) is 20.7. The minimum absolute atomic E-state index is 0.0134. The molecule has 1 saturated carbocycles. The van der Waals surface area contributed by atoms with Crippen molar-refractivity contribution in [3.05, 3.63) is 0 Å². The third-order valence-corrected chi connectivity index (χ3v) is 16.5. The molecule has 408 valence electrons. The van der Waals surface area contributed by atoms with Crippen molar-refractivity contribution < 1.29 is 82.0 Å². The average molecular weight is 1060 g/mol. The monoisotopic (exact) mass is 1060 g/mol. The van der Waals surface area contributed by atoms with Crippen LogP contribution in [-0.4, -0.2) is 103 Å². The maximum absolute atomic E-state index is 15.1. The topological polar surface area (TPSA) is 197 Å². The Balaban J connectivity index is 4.62. The SMILES string of the molecule is CCCCOC1[C@@H](OP(=O)(OCCCC)OCCCC)[C@H](OP(=O)(OCCCC)OCCCC)C(OCCCC)[C@H](OP(=O)(OCCCC)OCCCC)[C@H]1OP(=O)(OCCCC)OCCCC. The van der Waals surface area contributed by atoms with Crippen molar-refractivity contribution in [1.82, 2.24) is 0 Å². The molecule has 0 amide bonds. The Labute approximate surface area is 412 Å². The van der Waals surface area contributed by atoms with Gasteiger partial charge in [-0.05, 0) is 64.2 Å². The van der Waals surface area contributed by atoms with Crippen LogP contribution < -0.4 is 0 Å². The third kappa shape index (κ3) is 27.1. The molecule has 0 aromatic heterocycles. The van der Waals surface area contributed by atoms with Gasteiger partial charge in [0.1, 0.15) is 36.6 Å². The number of rotatable bonds is 48. The largest absolute Gasteiger partial charge is 0.475 e. The van der Waals surface area contributed by atoms with Crippen molar-refractivity contribution in [1.29, 1.82) is 0 Å². The molecule has 18 nitrogen and oxygen atoms in total. The number of hydrogen-bond donors (Lipinski definition) is 0. The van der Waals surface area contributed by atoms with Crippen LogP contribution >= 0.6 is 31.3 Å². The summed E-state index contributed by atoms with van der Waals surface area (Å²) in [6.45, 7) is 19.9. The van der Waals surface area contributed by atoms with Crippen molar-refractivity contribution in [2.45, 2.75) is 234 Å². The number of phosphoric ester groups is 4. The van der Waals surface area contributed by atoms with E-state index in [0.717, 1.165) is 0 Å². The Kier molecular flexibility index (Phi) is 38.8. The number of unbranched alkanes of at least 4 members (excludes halogenated alkanes) is 10. The van der Waals surface area contributed by atoms with Gasteiger partial charge in [-0.1, -0.05) is 133 Å². The summed E-state index contributed by atoms with van der Waals surface area (Å²) in [5, 5.41) is 0. The van der Waals surface area contributed by atoms with Gasteiger partial charge >= 0.3 is 31.3 Å². The Morgan fingerprint density at radius 3 is 0.529 bits per heavy atom. The van der Waals surface area contributed by atoms with Crippen LogP contribution in [0, 0.1) is 0 Å². The molecule has 0 aromatic rings. The van der Waals surface area contributed by atoms with Crippen LogP contribution in [0.4, 0.5) is 0 Å². The fourth-order valence-electron chi connectivity index (χ4n) is 6.26. The Hall–Kier alpha value is 0.360. The molecule has 6 atom stereocenters. The standard InChI is InChI=1S/C46H96O18P4/c1-11-21-31-51-41-43(61-65(47,53-33-23-13-3)54-34-24-14-4)45(63-67(49,57-37-27-17-7)58-38-28-18-8)42(52-32-22-12-2)46(64-68(50,59-39-29-19-9)60-40-30-20-10)44(41)62-66(48,55-35-25-15-5)56-36-26-16-6/h41-46H,11-40H2,1-10H3/t41?,42?,43-,44+,45-,46+. The van der Waals surface area contributed by atoms with Gasteiger partial charge < -0.3 is 9.47 Å². The molecule has 22 heteroatoms. The van der Waals surface area contributed by atoms with Crippen molar-refractivity contribution >= 4 is 31.3 Å². The molecule has 1 aliphatic rings. The molecule has 1 rings (SSSR count). The van der Waals surface area contributed by atoms with Gasteiger partial charge in [-0.15, -0.1) is 0 Å². The van der Waals surface area contributed by atoms with Gasteiger partial charge in [-0.25, -0.2) is 18.3 Å². The van der Waals surface area contributed by atoms with E-state index in [-0.39, 0.29) is 66.1 Å². The first-order valence-electron chi connectivity index (χ1n) is 26.3. The number of phosphoric acid groups is 4. The van der Waals surface area contributed by atoms with Crippen molar-refractivity contribution in [2.24, 2.45) is 0 Å². The first-order valence-corrected chi connectivity index (χ1v) is 32.1. The van der Waals surface area contributed by atoms with Crippen LogP contribution in [0.5, 0.6) is 0 Å². The van der Waals surface area contributed by atoms with E-state index in [4.69, 9.17) is 63.8 Å². The molecule has 1 aliphatic carbocycles. The second-order valence-electron chi connectivity index (χ2n) is 16.9. The van der Waals surface area contributed by atoms with E-state index in [1.165, 1.54) is 0 Å². The fraction of sp³-hybridized carbons (Fsp3) is 1.00. The highest BCUT2D eigenvalue weighted by Gasteiger charge is 2.62. The molecule has 0 N–H and O–H groups in total. The zero-order chi connectivity index (χ0) is 50.6. The van der Waals surface area contributed by atoms with Gasteiger partial charge in [0.25, 0.3) is 0 Å². The lowest BCUT2D eigenvalue weighted by molar-refractivity contribution is -0.235. The summed E-state index contributed by atoms with van der Waals surface area (Å²) < 4.78 is 149. The molecule has 0 radical (unpaired) electrons. The second-order valence-corrected chi connectivity index (χ2v) is 23.4. The van der Waals surface area contributed by atoms with Gasteiger partial charge in [0, 0.05) is 13.2 Å². The van der Waals surface area contributed by atoms with E-state index in [1.807, 2.05) is 69.2 Å². The summed E-state index contributed by atoms with van der Waals surface area (Å²) in [5.41, 5.74) is 0. The Morgan fingerprint density at radius 2 is 0.382 bits per heavy atom. The number of ether oxygens (including phenoxy) is 2. The van der Waals surface area contributed by atoms with E-state index in [0.29, 0.717) is 128 Å². The number of hydrogen-bond acceptors (Lipinski definition) is 18. The highest BCUT2D eigenvalue weighted by molar-refractivity contribution is 7.49. The minimum Gasteiger partial charge on any atom is -0.373 e. The van der Waals surface area contributed by atoms with Crippen molar-refractivity contribution in [3.63, 3.8) is 0 Å². The molecule has 0 saturated heterocycles. The van der Waals surface area contributed by atoms with E-state index in [2.05, 4.69) is 0 Å². The quantitative estimate of drug-likeness (QED) is 0.0411. The lowest BCUT2D eigenvalue weighted by Crippen LogP contribution is -2.67. The Morgan fingerprint density at radius 1 is 0.235 bits per heavy atom. The van der Waals surface area contributed by atoms with E-state index in [1.54, 1.807) is 0 Å². The average Bonchev–Trinajstić information content (AvgIpc) is 3.30. The minimum atomic E-state index is -4.57. The molecule has 0 spiro atoms. The highest BCUT2D eigenvalue weighted by atomic mass is 31.2. The smallest absolute Gasteiger partial charge is 0.373 e. The van der Waals surface area contributed by atoms with Gasteiger partial charge in [0.2, 0.25) is 0 Å². The second kappa shape index (κ2) is 39.8. The van der Waals surface area contributed by atoms with Crippen LogP contribution in [0.25, 0.3) is 0 Å². The lowest BCUT2D eigenvalue weighted by atomic mass is 9.84. The molecule has 2 unspecified atom stereocenters. The third-order valence-electron chi connectivity index (χ3n) is 10.5. The first kappa shape index (κ1) is 66.4. The summed E-state index contributed by atoms with van der Waals surface area (Å²) >= 11 is 0. The highest BCUT2D eigenvalue weighted by Crippen LogP contribution is 2.62. The maximum atomic E-state index is 15.1. The summed E-state index contributed by atoms with van der Waals surface area (Å²) in [7, 11) is -18.3. The van der Waals surface area contributed by atoms with Gasteiger partial charge in [0.05, 0.1) is 52.9 Å². The molecule has 1 fully saturated rings. The summed E-state index contributed by atoms with van der Waals surface area (Å²) in [6, 6.07) is 0. The predicted molar refractivity (Wildman–Crippen MR) is 266 cm³/mol. The lowest BCUT2D eigenvalue weighted by Gasteiger charge is -2.50.